The molecule has 1 aliphatic rings. The molecule has 1 saturated heterocycles. The van der Waals surface area contributed by atoms with Crippen molar-refractivity contribution in [3.63, 3.8) is 0 Å². The van der Waals surface area contributed by atoms with E-state index in [1.807, 2.05) is 24.3 Å². The highest BCUT2D eigenvalue weighted by atomic mass is 16.5. The van der Waals surface area contributed by atoms with Gasteiger partial charge in [0.25, 0.3) is 0 Å². The second kappa shape index (κ2) is 5.68. The van der Waals surface area contributed by atoms with E-state index in [1.54, 1.807) is 0 Å². The van der Waals surface area contributed by atoms with Crippen molar-refractivity contribution >= 4 is 11.6 Å². The van der Waals surface area contributed by atoms with Gasteiger partial charge in [-0.2, -0.15) is 0 Å². The van der Waals surface area contributed by atoms with Crippen LogP contribution in [0, 0.1) is 0 Å². The summed E-state index contributed by atoms with van der Waals surface area (Å²) >= 11 is 0. The van der Waals surface area contributed by atoms with Crippen LogP contribution in [0.5, 0.6) is 5.75 Å². The van der Waals surface area contributed by atoms with E-state index >= 15 is 0 Å². The molecule has 0 aliphatic carbocycles. The van der Waals surface area contributed by atoms with E-state index in [0.29, 0.717) is 12.6 Å². The summed E-state index contributed by atoms with van der Waals surface area (Å²) in [6, 6.07) is 7.94. The molecule has 2 N–H and O–H groups in total. The van der Waals surface area contributed by atoms with Gasteiger partial charge in [-0.15, -0.1) is 0 Å². The fourth-order valence-corrected chi connectivity index (χ4v) is 1.97. The van der Waals surface area contributed by atoms with Gasteiger partial charge in [0.1, 0.15) is 12.4 Å². The average molecular weight is 234 g/mol. The van der Waals surface area contributed by atoms with Gasteiger partial charge in [-0.05, 0) is 31.5 Å². The molecule has 0 radical (unpaired) electrons. The number of benzene rings is 1. The average Bonchev–Trinajstić information content (AvgIpc) is 2.80. The topological polar surface area (TPSA) is 50.4 Å². The second-order valence-electron chi connectivity index (χ2n) is 4.28. The molecule has 1 amide bonds. The Bertz CT molecular complexity index is 387. The first-order chi connectivity index (χ1) is 8.25. The van der Waals surface area contributed by atoms with Gasteiger partial charge >= 0.3 is 0 Å². The molecule has 1 heterocycles. The molecule has 2 rings (SSSR count). The Morgan fingerprint density at radius 1 is 1.53 bits per heavy atom. The highest BCUT2D eigenvalue weighted by molar-refractivity contribution is 5.90. The molecule has 1 unspecified atom stereocenters. The Labute approximate surface area is 101 Å². The van der Waals surface area contributed by atoms with Crippen molar-refractivity contribution in [1.29, 1.82) is 0 Å². The minimum absolute atomic E-state index is 0.0833. The monoisotopic (exact) mass is 234 g/mol. The van der Waals surface area contributed by atoms with Gasteiger partial charge in [0.15, 0.2) is 0 Å². The minimum atomic E-state index is -0.0833. The number of rotatable bonds is 4. The maximum Gasteiger partial charge on any atom is 0.221 e. The third kappa shape index (κ3) is 3.46. The van der Waals surface area contributed by atoms with Crippen molar-refractivity contribution in [3.05, 3.63) is 24.3 Å². The molecule has 1 aromatic rings. The normalized spacial score (nSPS) is 19.0. The van der Waals surface area contributed by atoms with Crippen molar-refractivity contribution in [1.82, 2.24) is 5.32 Å². The SMILES string of the molecule is CC(=O)Nc1ccccc1OCC1CCCN1. The van der Waals surface area contributed by atoms with E-state index in [2.05, 4.69) is 10.6 Å². The van der Waals surface area contributed by atoms with Crippen LogP contribution in [-0.4, -0.2) is 25.1 Å². The number of ether oxygens (including phenoxy) is 1. The van der Waals surface area contributed by atoms with Gasteiger partial charge in [-0.25, -0.2) is 0 Å². The van der Waals surface area contributed by atoms with Crippen molar-refractivity contribution in [2.24, 2.45) is 0 Å². The Kier molecular flexibility index (Phi) is 3.98. The number of hydrogen-bond donors (Lipinski definition) is 2. The lowest BCUT2D eigenvalue weighted by atomic mass is 10.2. The zero-order valence-electron chi connectivity index (χ0n) is 10.0. The van der Waals surface area contributed by atoms with Gasteiger partial charge in [-0.3, -0.25) is 4.79 Å². The molecule has 4 nitrogen and oxygen atoms in total. The number of carbonyl (C=O) groups is 1. The maximum atomic E-state index is 11.0. The van der Waals surface area contributed by atoms with Gasteiger partial charge in [0.05, 0.1) is 5.69 Å². The summed E-state index contributed by atoms with van der Waals surface area (Å²) in [6.45, 7) is 3.22. The van der Waals surface area contributed by atoms with E-state index < -0.39 is 0 Å². The van der Waals surface area contributed by atoms with Crippen molar-refractivity contribution in [2.45, 2.75) is 25.8 Å². The second-order valence-corrected chi connectivity index (χ2v) is 4.28. The zero-order valence-corrected chi connectivity index (χ0v) is 10.0. The smallest absolute Gasteiger partial charge is 0.221 e. The van der Waals surface area contributed by atoms with Crippen LogP contribution in [0.4, 0.5) is 5.69 Å². The number of nitrogens with one attached hydrogen (secondary N) is 2. The zero-order chi connectivity index (χ0) is 12.1. The third-order valence-corrected chi connectivity index (χ3v) is 2.80. The fourth-order valence-electron chi connectivity index (χ4n) is 1.97. The lowest BCUT2D eigenvalue weighted by molar-refractivity contribution is -0.114. The van der Waals surface area contributed by atoms with Gasteiger partial charge in [0.2, 0.25) is 5.91 Å². The van der Waals surface area contributed by atoms with Crippen LogP contribution in [0.1, 0.15) is 19.8 Å². The van der Waals surface area contributed by atoms with Crippen molar-refractivity contribution in [2.75, 3.05) is 18.5 Å². The van der Waals surface area contributed by atoms with Crippen LogP contribution in [0.3, 0.4) is 0 Å². The summed E-state index contributed by atoms with van der Waals surface area (Å²) in [5.41, 5.74) is 0.734. The van der Waals surface area contributed by atoms with E-state index in [4.69, 9.17) is 4.74 Å². The summed E-state index contributed by atoms with van der Waals surface area (Å²) in [5, 5.41) is 6.14. The van der Waals surface area contributed by atoms with Crippen LogP contribution in [0.15, 0.2) is 24.3 Å². The lowest BCUT2D eigenvalue weighted by Crippen LogP contribution is -2.28. The van der Waals surface area contributed by atoms with Gasteiger partial charge in [-0.1, -0.05) is 12.1 Å². The summed E-state index contributed by atoms with van der Waals surface area (Å²) in [7, 11) is 0. The maximum absolute atomic E-state index is 11.0. The minimum Gasteiger partial charge on any atom is -0.490 e. The molecule has 0 spiro atoms. The van der Waals surface area contributed by atoms with Crippen LogP contribution in [0.2, 0.25) is 0 Å². The molecule has 92 valence electrons. The third-order valence-electron chi connectivity index (χ3n) is 2.80. The Morgan fingerprint density at radius 3 is 3.06 bits per heavy atom. The number of para-hydroxylation sites is 2. The fraction of sp³-hybridized carbons (Fsp3) is 0.462. The Morgan fingerprint density at radius 2 is 2.35 bits per heavy atom. The van der Waals surface area contributed by atoms with Crippen LogP contribution in [0.25, 0.3) is 0 Å². The Balaban J connectivity index is 1.96. The highest BCUT2D eigenvalue weighted by Gasteiger charge is 2.15. The molecular formula is C13H18N2O2. The number of anilines is 1. The lowest BCUT2D eigenvalue weighted by Gasteiger charge is -2.15. The first-order valence-electron chi connectivity index (χ1n) is 5.98. The molecular weight excluding hydrogens is 216 g/mol. The summed E-state index contributed by atoms with van der Waals surface area (Å²) < 4.78 is 5.74. The van der Waals surface area contributed by atoms with Crippen LogP contribution in [-0.2, 0) is 4.79 Å². The molecule has 4 heteroatoms. The number of hydrogen-bond acceptors (Lipinski definition) is 3. The first kappa shape index (κ1) is 11.9. The van der Waals surface area contributed by atoms with E-state index in [0.717, 1.165) is 24.4 Å². The quantitative estimate of drug-likeness (QED) is 0.835. The largest absolute Gasteiger partial charge is 0.490 e. The highest BCUT2D eigenvalue weighted by Crippen LogP contribution is 2.24. The molecule has 17 heavy (non-hydrogen) atoms. The summed E-state index contributed by atoms with van der Waals surface area (Å²) in [6.07, 6.45) is 2.36. The standard InChI is InChI=1S/C13H18N2O2/c1-10(16)15-12-6-2-3-7-13(12)17-9-11-5-4-8-14-11/h2-3,6-7,11,14H,4-5,8-9H2,1H3,(H,15,16). The van der Waals surface area contributed by atoms with Crippen LogP contribution < -0.4 is 15.4 Å². The molecule has 1 aromatic carbocycles. The van der Waals surface area contributed by atoms with Gasteiger partial charge < -0.3 is 15.4 Å². The molecule has 1 atom stereocenters. The predicted octanol–water partition coefficient (Wildman–Crippen LogP) is 1.78. The van der Waals surface area contributed by atoms with Crippen molar-refractivity contribution in [3.8, 4) is 5.75 Å². The number of carbonyl (C=O) groups excluding carboxylic acids is 1. The molecule has 1 fully saturated rings. The Hall–Kier alpha value is -1.55. The summed E-state index contributed by atoms with van der Waals surface area (Å²) in [4.78, 5) is 11.0. The van der Waals surface area contributed by atoms with Gasteiger partial charge in [0, 0.05) is 13.0 Å². The van der Waals surface area contributed by atoms with Crippen molar-refractivity contribution < 1.29 is 9.53 Å². The molecule has 0 saturated carbocycles. The molecule has 0 aromatic heterocycles. The number of amides is 1. The molecule has 1 aliphatic heterocycles. The first-order valence-corrected chi connectivity index (χ1v) is 5.98. The van der Waals surface area contributed by atoms with E-state index in [9.17, 15) is 4.79 Å². The van der Waals surface area contributed by atoms with E-state index in [1.165, 1.54) is 13.3 Å². The predicted molar refractivity (Wildman–Crippen MR) is 67.3 cm³/mol. The van der Waals surface area contributed by atoms with Crippen LogP contribution >= 0.6 is 0 Å². The molecule has 0 bridgehead atoms. The summed E-state index contributed by atoms with van der Waals surface area (Å²) in [5.74, 6) is 0.649. The van der Waals surface area contributed by atoms with E-state index in [-0.39, 0.29) is 5.91 Å².